The molecule has 0 bridgehead atoms. The van der Waals surface area contributed by atoms with Crippen molar-refractivity contribution >= 4 is 10.4 Å². The van der Waals surface area contributed by atoms with Gasteiger partial charge >= 0.3 is 10.4 Å². The van der Waals surface area contributed by atoms with E-state index in [1.54, 1.807) is 0 Å². The van der Waals surface area contributed by atoms with Gasteiger partial charge in [-0.2, -0.15) is 8.42 Å². The normalized spacial score (nSPS) is 18.8. The summed E-state index contributed by atoms with van der Waals surface area (Å²) in [6.07, 6.45) is 9.29. The summed E-state index contributed by atoms with van der Waals surface area (Å²) in [5.74, 6) is 3.02. The first kappa shape index (κ1) is 28.9. The standard InChI is InChI=1S/C24H50O4S/c1-9-11-19(3)13-21(5)15-23(7)17-27-29(25,26)28-18-24(8)16-22(6)14-20(4)12-10-2/h19-24H,9-18H2,1-8H3. The molecule has 0 saturated carbocycles. The zero-order valence-electron chi connectivity index (χ0n) is 20.6. The summed E-state index contributed by atoms with van der Waals surface area (Å²) in [6.45, 7) is 18.0. The van der Waals surface area contributed by atoms with Crippen LogP contribution in [0.3, 0.4) is 0 Å². The minimum absolute atomic E-state index is 0.203. The highest BCUT2D eigenvalue weighted by Gasteiger charge is 2.19. The molecule has 0 radical (unpaired) electrons. The first-order valence-corrected chi connectivity index (χ1v) is 13.4. The quantitative estimate of drug-likeness (QED) is 0.228. The van der Waals surface area contributed by atoms with Crippen molar-refractivity contribution < 1.29 is 16.8 Å². The molecule has 0 spiro atoms. The van der Waals surface area contributed by atoms with Gasteiger partial charge in [0, 0.05) is 0 Å². The summed E-state index contributed by atoms with van der Waals surface area (Å²) in [5, 5.41) is 0. The van der Waals surface area contributed by atoms with Crippen LogP contribution in [0, 0.1) is 35.5 Å². The molecule has 0 aliphatic rings. The van der Waals surface area contributed by atoms with E-state index < -0.39 is 10.4 Å². The summed E-state index contributed by atoms with van der Waals surface area (Å²) in [7, 11) is -3.91. The van der Waals surface area contributed by atoms with E-state index in [-0.39, 0.29) is 25.0 Å². The summed E-state index contributed by atoms with van der Waals surface area (Å²) in [5.41, 5.74) is 0. The van der Waals surface area contributed by atoms with Gasteiger partial charge < -0.3 is 0 Å². The lowest BCUT2D eigenvalue weighted by Gasteiger charge is -2.21. The first-order chi connectivity index (χ1) is 13.5. The van der Waals surface area contributed by atoms with Crippen molar-refractivity contribution in [3.05, 3.63) is 0 Å². The van der Waals surface area contributed by atoms with E-state index in [0.29, 0.717) is 11.8 Å². The van der Waals surface area contributed by atoms with Crippen LogP contribution in [0.4, 0.5) is 0 Å². The summed E-state index contributed by atoms with van der Waals surface area (Å²) >= 11 is 0. The second-order valence-corrected chi connectivity index (χ2v) is 11.4. The maximum absolute atomic E-state index is 12.1. The molecule has 5 heteroatoms. The van der Waals surface area contributed by atoms with Crippen LogP contribution in [0.25, 0.3) is 0 Å². The average Bonchev–Trinajstić information content (AvgIpc) is 2.58. The molecular weight excluding hydrogens is 384 g/mol. The predicted octanol–water partition coefficient (Wildman–Crippen LogP) is 7.24. The third-order valence-electron chi connectivity index (χ3n) is 5.78. The molecule has 0 aliphatic carbocycles. The van der Waals surface area contributed by atoms with Crippen molar-refractivity contribution in [2.45, 2.75) is 107 Å². The molecule has 0 aromatic carbocycles. The molecular formula is C24H50O4S. The maximum atomic E-state index is 12.1. The van der Waals surface area contributed by atoms with Crippen LogP contribution in [0.15, 0.2) is 0 Å². The van der Waals surface area contributed by atoms with E-state index in [1.807, 2.05) is 0 Å². The molecule has 0 fully saturated rings. The smallest absolute Gasteiger partial charge is 0.248 e. The number of hydrogen-bond donors (Lipinski definition) is 0. The fourth-order valence-corrected chi connectivity index (χ4v) is 5.60. The molecule has 0 amide bonds. The van der Waals surface area contributed by atoms with Crippen LogP contribution in [-0.4, -0.2) is 21.6 Å². The van der Waals surface area contributed by atoms with Gasteiger partial charge in [-0.1, -0.05) is 81.1 Å². The van der Waals surface area contributed by atoms with Crippen molar-refractivity contribution in [3.8, 4) is 0 Å². The lowest BCUT2D eigenvalue weighted by molar-refractivity contribution is 0.159. The fourth-order valence-electron chi connectivity index (χ4n) is 4.73. The van der Waals surface area contributed by atoms with Crippen LogP contribution < -0.4 is 0 Å². The van der Waals surface area contributed by atoms with Crippen LogP contribution in [0.2, 0.25) is 0 Å². The summed E-state index contributed by atoms with van der Waals surface area (Å²) in [6, 6.07) is 0. The Bertz CT molecular complexity index is 453. The molecule has 0 saturated heterocycles. The van der Waals surface area contributed by atoms with Crippen LogP contribution >= 0.6 is 0 Å². The van der Waals surface area contributed by atoms with E-state index in [4.69, 9.17) is 8.37 Å². The van der Waals surface area contributed by atoms with Gasteiger partial charge in [0.25, 0.3) is 0 Å². The topological polar surface area (TPSA) is 52.6 Å². The Morgan fingerprint density at radius 1 is 0.552 bits per heavy atom. The predicted molar refractivity (Wildman–Crippen MR) is 124 cm³/mol. The Hall–Kier alpha value is -0.130. The van der Waals surface area contributed by atoms with E-state index in [1.165, 1.54) is 38.5 Å². The molecule has 176 valence electrons. The molecule has 4 nitrogen and oxygen atoms in total. The Kier molecular flexibility index (Phi) is 15.6. The first-order valence-electron chi connectivity index (χ1n) is 12.0. The Labute approximate surface area is 182 Å². The minimum atomic E-state index is -3.91. The summed E-state index contributed by atoms with van der Waals surface area (Å²) in [4.78, 5) is 0. The highest BCUT2D eigenvalue weighted by Crippen LogP contribution is 2.24. The molecule has 0 aromatic heterocycles. The van der Waals surface area contributed by atoms with Gasteiger partial charge in [-0.05, 0) is 61.2 Å². The largest absolute Gasteiger partial charge is 0.399 e. The van der Waals surface area contributed by atoms with Crippen molar-refractivity contribution in [2.24, 2.45) is 35.5 Å². The van der Waals surface area contributed by atoms with Crippen LogP contribution in [-0.2, 0) is 18.8 Å². The van der Waals surface area contributed by atoms with E-state index in [9.17, 15) is 8.42 Å². The highest BCUT2D eigenvalue weighted by atomic mass is 32.3. The van der Waals surface area contributed by atoms with Gasteiger partial charge in [0.2, 0.25) is 0 Å². The second-order valence-electron chi connectivity index (χ2n) is 10.1. The monoisotopic (exact) mass is 434 g/mol. The van der Waals surface area contributed by atoms with Crippen molar-refractivity contribution in [2.75, 3.05) is 13.2 Å². The van der Waals surface area contributed by atoms with Gasteiger partial charge in [-0.25, -0.2) is 8.37 Å². The van der Waals surface area contributed by atoms with Gasteiger partial charge in [0.1, 0.15) is 0 Å². The zero-order valence-corrected chi connectivity index (χ0v) is 21.4. The Morgan fingerprint density at radius 3 is 1.17 bits per heavy atom. The maximum Gasteiger partial charge on any atom is 0.399 e. The fraction of sp³-hybridized carbons (Fsp3) is 1.00. The van der Waals surface area contributed by atoms with Gasteiger partial charge in [-0.15, -0.1) is 0 Å². The zero-order chi connectivity index (χ0) is 22.4. The lowest BCUT2D eigenvalue weighted by atomic mass is 9.88. The molecule has 0 aliphatic heterocycles. The van der Waals surface area contributed by atoms with E-state index >= 15 is 0 Å². The van der Waals surface area contributed by atoms with E-state index in [2.05, 4.69) is 55.4 Å². The third-order valence-corrected chi connectivity index (χ3v) is 6.63. The Morgan fingerprint density at radius 2 is 0.862 bits per heavy atom. The average molecular weight is 435 g/mol. The molecule has 6 unspecified atom stereocenters. The molecule has 6 atom stereocenters. The number of hydrogen-bond acceptors (Lipinski definition) is 4. The third kappa shape index (κ3) is 16.3. The number of rotatable bonds is 18. The minimum Gasteiger partial charge on any atom is -0.248 e. The van der Waals surface area contributed by atoms with Crippen molar-refractivity contribution in [1.82, 2.24) is 0 Å². The van der Waals surface area contributed by atoms with Gasteiger partial charge in [0.05, 0.1) is 13.2 Å². The van der Waals surface area contributed by atoms with Crippen LogP contribution in [0.5, 0.6) is 0 Å². The van der Waals surface area contributed by atoms with Gasteiger partial charge in [0.15, 0.2) is 0 Å². The molecule has 0 heterocycles. The van der Waals surface area contributed by atoms with Gasteiger partial charge in [-0.3, -0.25) is 0 Å². The Balaban J connectivity index is 4.16. The summed E-state index contributed by atoms with van der Waals surface area (Å²) < 4.78 is 34.5. The highest BCUT2D eigenvalue weighted by molar-refractivity contribution is 7.81. The lowest BCUT2D eigenvalue weighted by Crippen LogP contribution is -2.20. The SMILES string of the molecule is CCCC(C)CC(C)CC(C)COS(=O)(=O)OCC(C)CC(C)CC(C)CCC. The van der Waals surface area contributed by atoms with Crippen molar-refractivity contribution in [3.63, 3.8) is 0 Å². The molecule has 0 aromatic rings. The van der Waals surface area contributed by atoms with Crippen LogP contribution in [0.1, 0.15) is 107 Å². The van der Waals surface area contributed by atoms with Crippen molar-refractivity contribution in [1.29, 1.82) is 0 Å². The molecule has 0 rings (SSSR count). The second kappa shape index (κ2) is 15.6. The van der Waals surface area contributed by atoms with E-state index in [0.717, 1.165) is 24.7 Å². The molecule has 29 heavy (non-hydrogen) atoms. The molecule has 0 N–H and O–H groups in total.